The van der Waals surface area contributed by atoms with Gasteiger partial charge in [-0.05, 0) is 51.6 Å². The van der Waals surface area contributed by atoms with Crippen LogP contribution < -0.4 is 5.32 Å². The monoisotopic (exact) mass is 301 g/mol. The van der Waals surface area contributed by atoms with E-state index in [-0.39, 0.29) is 6.03 Å². The molecule has 5 nitrogen and oxygen atoms in total. The first-order valence-corrected chi connectivity index (χ1v) is 7.96. The first-order valence-electron chi connectivity index (χ1n) is 7.52. The third-order valence-electron chi connectivity index (χ3n) is 4.21. The Labute approximate surface area is 125 Å². The molecule has 0 radical (unpaired) electrons. The molecule has 6 heteroatoms. The highest BCUT2D eigenvalue weighted by Crippen LogP contribution is 2.20. The van der Waals surface area contributed by atoms with Crippen LogP contribution in [0.4, 0.5) is 4.79 Å². The molecule has 2 aliphatic rings. The second kappa shape index (κ2) is 7.27. The zero-order chi connectivity index (χ0) is 14.5. The number of halogens is 1. The Hall–Kier alpha value is -0.810. The lowest BCUT2D eigenvalue weighted by molar-refractivity contribution is -0.119. The number of alkyl halides is 1. The topological polar surface area (TPSA) is 52.7 Å². The minimum atomic E-state index is -0.674. The average molecular weight is 302 g/mol. The Morgan fingerprint density at radius 2 is 1.80 bits per heavy atom. The lowest BCUT2D eigenvalue weighted by Crippen LogP contribution is -2.48. The van der Waals surface area contributed by atoms with Crippen LogP contribution in [-0.2, 0) is 4.79 Å². The van der Waals surface area contributed by atoms with E-state index in [1.165, 1.54) is 25.9 Å². The summed E-state index contributed by atoms with van der Waals surface area (Å²) in [6, 6.07) is -0.304. The van der Waals surface area contributed by atoms with Crippen LogP contribution in [0, 0.1) is 5.92 Å². The van der Waals surface area contributed by atoms with E-state index in [0.29, 0.717) is 5.92 Å². The quantitative estimate of drug-likeness (QED) is 0.807. The number of carbonyl (C=O) groups excluding carboxylic acids is 2. The van der Waals surface area contributed by atoms with Gasteiger partial charge in [0.2, 0.25) is 5.91 Å². The van der Waals surface area contributed by atoms with Crippen molar-refractivity contribution >= 4 is 23.5 Å². The van der Waals surface area contributed by atoms with Gasteiger partial charge in [-0.3, -0.25) is 10.1 Å². The van der Waals surface area contributed by atoms with Gasteiger partial charge in [-0.2, -0.15) is 0 Å². The molecular formula is C14H24ClN3O2. The summed E-state index contributed by atoms with van der Waals surface area (Å²) in [5.41, 5.74) is 0. The fourth-order valence-corrected chi connectivity index (χ4v) is 2.99. The maximum Gasteiger partial charge on any atom is 0.324 e. The molecule has 1 atom stereocenters. The van der Waals surface area contributed by atoms with E-state index in [1.807, 2.05) is 0 Å². The third-order valence-corrected chi connectivity index (χ3v) is 4.41. The molecule has 2 rings (SSSR count). The van der Waals surface area contributed by atoms with E-state index < -0.39 is 11.3 Å². The Balaban J connectivity index is 1.70. The van der Waals surface area contributed by atoms with Crippen LogP contribution in [0.25, 0.3) is 0 Å². The Bertz CT molecular complexity index is 348. The molecule has 0 aromatic carbocycles. The van der Waals surface area contributed by atoms with Gasteiger partial charge in [0.25, 0.3) is 0 Å². The molecule has 2 saturated heterocycles. The molecule has 0 aromatic heterocycles. The second-order valence-electron chi connectivity index (χ2n) is 5.85. The summed E-state index contributed by atoms with van der Waals surface area (Å²) in [6.07, 6.45) is 4.68. The number of likely N-dealkylation sites (tertiary alicyclic amines) is 2. The Morgan fingerprint density at radius 3 is 2.35 bits per heavy atom. The maximum atomic E-state index is 11.9. The van der Waals surface area contributed by atoms with Crippen molar-refractivity contribution in [1.29, 1.82) is 0 Å². The van der Waals surface area contributed by atoms with Gasteiger partial charge in [-0.15, -0.1) is 11.6 Å². The van der Waals surface area contributed by atoms with Crippen LogP contribution in [0.1, 0.15) is 32.6 Å². The van der Waals surface area contributed by atoms with Crippen LogP contribution in [0.3, 0.4) is 0 Å². The normalized spacial score (nSPS) is 22.8. The minimum Gasteiger partial charge on any atom is -0.324 e. The number of nitrogens with zero attached hydrogens (tertiary/aromatic N) is 2. The second-order valence-corrected chi connectivity index (χ2v) is 6.50. The lowest BCUT2D eigenvalue weighted by Gasteiger charge is -2.33. The van der Waals surface area contributed by atoms with Gasteiger partial charge in [-0.25, -0.2) is 4.79 Å². The van der Waals surface area contributed by atoms with Crippen molar-refractivity contribution in [3.63, 3.8) is 0 Å². The first kappa shape index (κ1) is 15.6. The fourth-order valence-electron chi connectivity index (χ4n) is 2.93. The number of hydrogen-bond acceptors (Lipinski definition) is 3. The van der Waals surface area contributed by atoms with Crippen LogP contribution >= 0.6 is 11.6 Å². The van der Waals surface area contributed by atoms with Gasteiger partial charge in [0.15, 0.2) is 0 Å². The van der Waals surface area contributed by atoms with Gasteiger partial charge in [-0.1, -0.05) is 0 Å². The van der Waals surface area contributed by atoms with Gasteiger partial charge in [0, 0.05) is 19.6 Å². The van der Waals surface area contributed by atoms with E-state index in [1.54, 1.807) is 11.8 Å². The maximum absolute atomic E-state index is 11.9. The summed E-state index contributed by atoms with van der Waals surface area (Å²) in [4.78, 5) is 27.5. The van der Waals surface area contributed by atoms with E-state index in [2.05, 4.69) is 10.2 Å². The number of imide groups is 1. The third kappa shape index (κ3) is 4.35. The zero-order valence-electron chi connectivity index (χ0n) is 12.1. The summed E-state index contributed by atoms with van der Waals surface area (Å²) in [5, 5.41) is 1.67. The van der Waals surface area contributed by atoms with Crippen molar-refractivity contribution in [3.8, 4) is 0 Å². The number of nitrogens with one attached hydrogen (secondary N) is 1. The Morgan fingerprint density at radius 1 is 1.20 bits per heavy atom. The van der Waals surface area contributed by atoms with Gasteiger partial charge >= 0.3 is 6.03 Å². The van der Waals surface area contributed by atoms with E-state index >= 15 is 0 Å². The largest absolute Gasteiger partial charge is 0.324 e. The number of rotatable bonds is 3. The van der Waals surface area contributed by atoms with Crippen molar-refractivity contribution in [3.05, 3.63) is 0 Å². The van der Waals surface area contributed by atoms with Gasteiger partial charge in [0.05, 0.1) is 0 Å². The first-order chi connectivity index (χ1) is 9.56. The van der Waals surface area contributed by atoms with Crippen molar-refractivity contribution in [2.24, 2.45) is 5.92 Å². The summed E-state index contributed by atoms with van der Waals surface area (Å²) < 4.78 is 0. The zero-order valence-corrected chi connectivity index (χ0v) is 12.9. The number of amides is 3. The van der Waals surface area contributed by atoms with Gasteiger partial charge < -0.3 is 9.80 Å². The van der Waals surface area contributed by atoms with Crippen LogP contribution in [-0.4, -0.2) is 59.8 Å². The molecule has 20 heavy (non-hydrogen) atoms. The molecule has 0 bridgehead atoms. The molecular weight excluding hydrogens is 278 g/mol. The van der Waals surface area contributed by atoms with Crippen molar-refractivity contribution in [2.45, 2.75) is 38.0 Å². The highest BCUT2D eigenvalue weighted by atomic mass is 35.5. The summed E-state index contributed by atoms with van der Waals surface area (Å²) >= 11 is 5.64. The SMILES string of the molecule is CC(Cl)C(=O)NC(=O)N1CCC(CN2CCCC2)CC1. The average Bonchev–Trinajstić information content (AvgIpc) is 2.92. The fraction of sp³-hybridized carbons (Fsp3) is 0.857. The lowest BCUT2D eigenvalue weighted by atomic mass is 9.96. The highest BCUT2D eigenvalue weighted by molar-refractivity contribution is 6.31. The molecule has 2 aliphatic heterocycles. The predicted molar refractivity (Wildman–Crippen MR) is 78.8 cm³/mol. The van der Waals surface area contributed by atoms with Crippen LogP contribution in [0.15, 0.2) is 0 Å². The minimum absolute atomic E-state index is 0.304. The number of carbonyl (C=O) groups is 2. The standard InChI is InChI=1S/C14H24ClN3O2/c1-11(15)13(19)16-14(20)18-8-4-12(5-9-18)10-17-6-2-3-7-17/h11-12H,2-10H2,1H3,(H,16,19,20). The summed E-state index contributed by atoms with van der Waals surface area (Å²) in [7, 11) is 0. The molecule has 1 unspecified atom stereocenters. The Kier molecular flexibility index (Phi) is 5.66. The summed E-state index contributed by atoms with van der Waals surface area (Å²) in [6.45, 7) is 6.63. The number of hydrogen-bond donors (Lipinski definition) is 1. The molecule has 0 spiro atoms. The van der Waals surface area contributed by atoms with E-state index in [4.69, 9.17) is 11.6 Å². The number of piperidine rings is 1. The molecule has 0 aromatic rings. The predicted octanol–water partition coefficient (Wildman–Crippen LogP) is 1.66. The smallest absolute Gasteiger partial charge is 0.324 e. The van der Waals surface area contributed by atoms with E-state index in [0.717, 1.165) is 32.5 Å². The number of urea groups is 1. The molecule has 114 valence electrons. The van der Waals surface area contributed by atoms with Crippen molar-refractivity contribution in [2.75, 3.05) is 32.7 Å². The van der Waals surface area contributed by atoms with Crippen molar-refractivity contribution < 1.29 is 9.59 Å². The van der Waals surface area contributed by atoms with Crippen LogP contribution in [0.5, 0.6) is 0 Å². The van der Waals surface area contributed by atoms with E-state index in [9.17, 15) is 9.59 Å². The molecule has 1 N–H and O–H groups in total. The molecule has 0 aliphatic carbocycles. The van der Waals surface area contributed by atoms with Gasteiger partial charge in [0.1, 0.15) is 5.38 Å². The summed E-state index contributed by atoms with van der Waals surface area (Å²) in [5.74, 6) is 0.260. The molecule has 2 fully saturated rings. The highest BCUT2D eigenvalue weighted by Gasteiger charge is 2.26. The molecule has 2 heterocycles. The van der Waals surface area contributed by atoms with Crippen molar-refractivity contribution in [1.82, 2.24) is 15.1 Å². The molecule has 3 amide bonds. The molecule has 0 saturated carbocycles. The van der Waals surface area contributed by atoms with Crippen LogP contribution in [0.2, 0.25) is 0 Å².